The molecule has 10 aromatic rings. The third-order valence-electron chi connectivity index (χ3n) is 19.0. The van der Waals surface area contributed by atoms with Crippen molar-refractivity contribution in [2.75, 3.05) is 108 Å². The summed E-state index contributed by atoms with van der Waals surface area (Å²) in [5, 5.41) is 29.5. The Morgan fingerprint density at radius 2 is 1.05 bits per heavy atom. The molecule has 4 aliphatic rings. The lowest BCUT2D eigenvalue weighted by atomic mass is 9.92. The number of benzene rings is 6. The maximum atomic E-state index is 15.0. The summed E-state index contributed by atoms with van der Waals surface area (Å²) >= 11 is 5.73. The predicted molar refractivity (Wildman–Crippen MR) is 416 cm³/mol. The third-order valence-corrected chi connectivity index (χ3v) is 23.4. The molecule has 108 heavy (non-hydrogen) atoms. The molecular formula is C80H77F2N13O9S4. The van der Waals surface area contributed by atoms with Crippen LogP contribution in [0.4, 0.5) is 19.0 Å². The standard InChI is InChI=1S/C42H41FN8O5S2.C38H36FN5O4S2/c43-32-25-28(7-5-18-49-20-22-50(23-21-49)39(53)13-4-17-45-48-44)14-15-35(32)56-24-6-12-37-40(41(54)55)47-42(58-37)51-19-16-29-8-3-9-30(31(29)27-51)34(52)26-38-46-33-10-1-2-11-36(33)57-38;39-29-22-25(6-4-17-43-19-15-40-16-20-43)12-13-32(29)48-21-5-11-34-36(37(46)47)42-38(50-34)44-18-14-26-7-3-8-27(28(26)24-44)31(45)23-35-41-30-9-1-2-10-33(30)49-35/h1-3,8-11,14-15,25H,4,6,12-13,16-24,26-27H2,(H,54,55);1-3,7-10,12-13,22,40H,5,11,14-21,23-24H2,(H,46,47). The highest BCUT2D eigenvalue weighted by Gasteiger charge is 2.30. The summed E-state index contributed by atoms with van der Waals surface area (Å²) in [5.41, 5.74) is 16.7. The van der Waals surface area contributed by atoms with Gasteiger partial charge >= 0.3 is 11.9 Å². The number of carbonyl (C=O) groups is 5. The second-order valence-corrected chi connectivity index (χ2v) is 30.6. The van der Waals surface area contributed by atoms with E-state index in [4.69, 9.17) is 15.0 Å². The number of piperazine rings is 2. The first-order chi connectivity index (χ1) is 52.7. The first-order valence-corrected chi connectivity index (χ1v) is 39.1. The first-order valence-electron chi connectivity index (χ1n) is 35.9. The van der Waals surface area contributed by atoms with E-state index in [-0.39, 0.29) is 66.4 Å². The van der Waals surface area contributed by atoms with Crippen molar-refractivity contribution in [2.45, 2.75) is 77.3 Å². The van der Waals surface area contributed by atoms with E-state index in [9.17, 15) is 43.0 Å². The SMILES string of the molecule is O=C(Cc1nc2ccccc2s1)c1cccc2c1CN(c1nc(C(=O)O)c(CCCOc3ccc(C#CCN4CCNCC4)cc3F)s1)CC2.[N-]=[N+]=NCCCC(=O)N1CCN(CC#Cc2ccc(OCCCc3sc(N4CCc5cccc(C(=O)Cc6nc7ccccc7s6)c5C4)nc3C(=O)O)c(F)c2)CC1. The van der Waals surface area contributed by atoms with Gasteiger partial charge in [-0.1, -0.05) is 89.5 Å². The van der Waals surface area contributed by atoms with Crippen molar-refractivity contribution in [2.24, 2.45) is 5.11 Å². The fourth-order valence-electron chi connectivity index (χ4n) is 13.3. The fourth-order valence-corrected chi connectivity index (χ4v) is 17.5. The molecule has 3 N–H and O–H groups in total. The number of nitrogens with one attached hydrogen (secondary N) is 1. The average molecular weight is 1530 g/mol. The second-order valence-electron chi connectivity index (χ2n) is 26.3. The van der Waals surface area contributed by atoms with Crippen LogP contribution in [0.15, 0.2) is 126 Å². The zero-order valence-electron chi connectivity index (χ0n) is 59.1. The van der Waals surface area contributed by atoms with Crippen LogP contribution >= 0.6 is 45.3 Å². The highest BCUT2D eigenvalue weighted by atomic mass is 32.1. The number of carboxylic acids is 2. The molecule has 0 aliphatic carbocycles. The number of para-hydroxylation sites is 2. The molecule has 28 heteroatoms. The zero-order valence-corrected chi connectivity index (χ0v) is 62.4. The Morgan fingerprint density at radius 3 is 1.51 bits per heavy atom. The van der Waals surface area contributed by atoms with Crippen LogP contribution in [-0.2, 0) is 56.4 Å². The summed E-state index contributed by atoms with van der Waals surface area (Å²) in [7, 11) is 0. The van der Waals surface area contributed by atoms with Crippen molar-refractivity contribution in [1.82, 2.24) is 40.0 Å². The van der Waals surface area contributed by atoms with Crippen molar-refractivity contribution in [1.29, 1.82) is 0 Å². The first kappa shape index (κ1) is 75.7. The summed E-state index contributed by atoms with van der Waals surface area (Å²) in [5.74, 6) is 9.34. The monoisotopic (exact) mass is 1530 g/mol. The van der Waals surface area contributed by atoms with Gasteiger partial charge in [0.15, 0.2) is 56.4 Å². The van der Waals surface area contributed by atoms with E-state index < -0.39 is 23.6 Å². The quantitative estimate of drug-likeness (QED) is 0.0113. The lowest BCUT2D eigenvalue weighted by Crippen LogP contribution is -2.48. The lowest BCUT2D eigenvalue weighted by Gasteiger charge is -2.33. The number of Topliss-reactive ketones (excluding diaryl/α,β-unsaturated/α-hetero) is 2. The van der Waals surface area contributed by atoms with E-state index in [0.717, 1.165) is 85.3 Å². The molecule has 0 bridgehead atoms. The number of thiazole rings is 4. The molecule has 4 aliphatic heterocycles. The van der Waals surface area contributed by atoms with Crippen LogP contribution in [-0.4, -0.2) is 173 Å². The number of carbonyl (C=O) groups excluding carboxylic acids is 3. The highest BCUT2D eigenvalue weighted by Crippen LogP contribution is 2.37. The van der Waals surface area contributed by atoms with Crippen LogP contribution < -0.4 is 24.6 Å². The van der Waals surface area contributed by atoms with E-state index in [1.165, 1.54) is 57.5 Å². The maximum Gasteiger partial charge on any atom is 0.355 e. The van der Waals surface area contributed by atoms with Crippen molar-refractivity contribution in [3.05, 3.63) is 219 Å². The van der Waals surface area contributed by atoms with Gasteiger partial charge in [0, 0.05) is 128 Å². The number of hydrogen-bond acceptors (Lipinski definition) is 21. The van der Waals surface area contributed by atoms with Crippen LogP contribution in [0.5, 0.6) is 11.5 Å². The fraction of sp³-hybridized carbons (Fsp3) is 0.338. The van der Waals surface area contributed by atoms with Gasteiger partial charge in [-0.15, -0.1) is 45.3 Å². The highest BCUT2D eigenvalue weighted by molar-refractivity contribution is 7.19. The van der Waals surface area contributed by atoms with E-state index in [1.807, 2.05) is 88.7 Å². The van der Waals surface area contributed by atoms with E-state index in [2.05, 4.69) is 79.7 Å². The average Bonchev–Trinajstić information content (AvgIpc) is 1.53. The number of hydrogen-bond donors (Lipinski definition) is 3. The number of fused-ring (bicyclic) bond motifs is 4. The number of amides is 1. The van der Waals surface area contributed by atoms with Crippen molar-refractivity contribution >= 4 is 105 Å². The van der Waals surface area contributed by atoms with Gasteiger partial charge in [-0.2, -0.15) is 0 Å². The largest absolute Gasteiger partial charge is 0.491 e. The molecular weight excluding hydrogens is 1450 g/mol. The number of ether oxygens (including phenoxy) is 2. The van der Waals surface area contributed by atoms with Gasteiger partial charge < -0.3 is 39.7 Å². The van der Waals surface area contributed by atoms with Crippen LogP contribution in [0, 0.1) is 35.3 Å². The molecule has 0 spiro atoms. The van der Waals surface area contributed by atoms with Gasteiger partial charge in [0.1, 0.15) is 10.0 Å². The molecule has 0 radical (unpaired) electrons. The minimum Gasteiger partial charge on any atom is -0.491 e. The Labute approximate surface area is 638 Å². The number of rotatable bonds is 26. The Bertz CT molecular complexity index is 5090. The molecule has 2 fully saturated rings. The minimum atomic E-state index is -1.11. The zero-order chi connectivity index (χ0) is 74.9. The Hall–Kier alpha value is -10.5. The summed E-state index contributed by atoms with van der Waals surface area (Å²) in [6.45, 7) is 10.5. The molecule has 554 valence electrons. The summed E-state index contributed by atoms with van der Waals surface area (Å²) < 4.78 is 43.3. The number of aromatic nitrogens is 4. The molecule has 2 saturated heterocycles. The molecule has 8 heterocycles. The molecule has 0 saturated carbocycles. The number of carboxylic acid groups (broad SMARTS) is 2. The number of nitrogens with zero attached hydrogens (tertiary/aromatic N) is 12. The van der Waals surface area contributed by atoms with Gasteiger partial charge in [0.05, 0.1) is 59.6 Å². The Balaban J connectivity index is 0.000000192. The van der Waals surface area contributed by atoms with E-state index >= 15 is 0 Å². The number of aryl methyl sites for hydroxylation is 2. The van der Waals surface area contributed by atoms with E-state index in [0.29, 0.717) is 159 Å². The summed E-state index contributed by atoms with van der Waals surface area (Å²) in [6, 6.07) is 36.7. The smallest absolute Gasteiger partial charge is 0.355 e. The van der Waals surface area contributed by atoms with Crippen LogP contribution in [0.2, 0.25) is 0 Å². The number of anilines is 2. The molecule has 14 rings (SSSR count). The van der Waals surface area contributed by atoms with Gasteiger partial charge in [-0.05, 0) is 133 Å². The van der Waals surface area contributed by atoms with Gasteiger partial charge in [-0.3, -0.25) is 24.2 Å². The number of halogens is 2. The van der Waals surface area contributed by atoms with Crippen molar-refractivity contribution < 1.29 is 52.4 Å². The van der Waals surface area contributed by atoms with Crippen molar-refractivity contribution in [3.63, 3.8) is 0 Å². The number of aromatic carboxylic acids is 2. The molecule has 6 aromatic carbocycles. The van der Waals surface area contributed by atoms with Crippen LogP contribution in [0.25, 0.3) is 30.9 Å². The molecule has 22 nitrogen and oxygen atoms in total. The van der Waals surface area contributed by atoms with Crippen LogP contribution in [0.3, 0.4) is 0 Å². The van der Waals surface area contributed by atoms with Crippen LogP contribution in [0.1, 0.15) is 121 Å². The lowest BCUT2D eigenvalue weighted by molar-refractivity contribution is -0.132. The Morgan fingerprint density at radius 1 is 0.565 bits per heavy atom. The molecule has 1 amide bonds. The third kappa shape index (κ3) is 19.4. The van der Waals surface area contributed by atoms with Crippen molar-refractivity contribution in [3.8, 4) is 35.2 Å². The predicted octanol–water partition coefficient (Wildman–Crippen LogP) is 13.0. The second kappa shape index (κ2) is 36.4. The maximum absolute atomic E-state index is 15.0. The molecule has 0 unspecified atom stereocenters. The number of ketones is 2. The van der Waals surface area contributed by atoms with Gasteiger partial charge in [-0.25, -0.2) is 38.3 Å². The summed E-state index contributed by atoms with van der Waals surface area (Å²) in [6.07, 6.45) is 4.49. The van der Waals surface area contributed by atoms with Gasteiger partial charge in [0.2, 0.25) is 5.91 Å². The van der Waals surface area contributed by atoms with E-state index in [1.54, 1.807) is 24.3 Å². The summed E-state index contributed by atoms with van der Waals surface area (Å²) in [4.78, 5) is 96.5. The minimum absolute atomic E-state index is 0.00232. The molecule has 4 aromatic heterocycles. The normalized spacial score (nSPS) is 14.3. The topological polar surface area (TPSA) is 273 Å². The Kier molecular flexibility index (Phi) is 25.5. The van der Waals surface area contributed by atoms with Gasteiger partial charge in [0.25, 0.3) is 0 Å². The number of azide groups is 1. The molecule has 0 atom stereocenters.